The molecule has 4 nitrogen and oxygen atoms in total. The number of benzene rings is 1. The van der Waals surface area contributed by atoms with E-state index in [-0.39, 0.29) is 11.7 Å². The fourth-order valence-corrected chi connectivity index (χ4v) is 2.74. The molecule has 1 aromatic rings. The molecule has 0 aromatic heterocycles. The maximum Gasteiger partial charge on any atom is 0.333 e. The number of thiol groups is 1. The van der Waals surface area contributed by atoms with Crippen LogP contribution in [0, 0.1) is 11.3 Å². The van der Waals surface area contributed by atoms with Gasteiger partial charge in [-0.2, -0.15) is 17.9 Å². The van der Waals surface area contributed by atoms with Gasteiger partial charge in [-0.05, 0) is 30.5 Å². The highest BCUT2D eigenvalue weighted by atomic mass is 32.1. The Kier molecular flexibility index (Phi) is 4.82. The third kappa shape index (κ3) is 3.12. The van der Waals surface area contributed by atoms with Crippen LogP contribution in [0.4, 0.5) is 5.69 Å². The fraction of sp³-hybridized carbons (Fsp3) is 0.412. The molecule has 0 spiro atoms. The number of hydrogen-bond donors (Lipinski definition) is 2. The Hall–Kier alpha value is -1.93. The fourth-order valence-electron chi connectivity index (χ4n) is 2.46. The molecule has 2 atom stereocenters. The number of carbonyl (C=O) groups excluding carboxylic acids is 1. The molecule has 2 rings (SSSR count). The van der Waals surface area contributed by atoms with Gasteiger partial charge in [0, 0.05) is 17.0 Å². The minimum atomic E-state index is -1.02. The number of rotatable bonds is 5. The Balaban J connectivity index is 2.27. The van der Waals surface area contributed by atoms with Gasteiger partial charge in [0.15, 0.2) is 5.60 Å². The van der Waals surface area contributed by atoms with Crippen molar-refractivity contribution >= 4 is 24.3 Å². The van der Waals surface area contributed by atoms with E-state index in [1.165, 1.54) is 11.6 Å². The summed E-state index contributed by atoms with van der Waals surface area (Å²) in [6.45, 7) is 6.08. The van der Waals surface area contributed by atoms with Gasteiger partial charge in [-0.25, -0.2) is 4.79 Å². The minimum absolute atomic E-state index is 0.0618. The number of esters is 1. The number of ether oxygens (including phenoxy) is 1. The van der Waals surface area contributed by atoms with Gasteiger partial charge in [0.25, 0.3) is 0 Å². The second-order valence-electron chi connectivity index (χ2n) is 5.78. The van der Waals surface area contributed by atoms with Crippen LogP contribution in [0.1, 0.15) is 38.7 Å². The van der Waals surface area contributed by atoms with Crippen LogP contribution < -0.4 is 5.32 Å². The first-order valence-electron chi connectivity index (χ1n) is 7.26. The number of carbonyl (C=O) groups is 1. The summed E-state index contributed by atoms with van der Waals surface area (Å²) in [5, 5.41) is 12.0. The summed E-state index contributed by atoms with van der Waals surface area (Å²) in [5.41, 5.74) is 1.65. The molecule has 116 valence electrons. The maximum atomic E-state index is 11.7. The monoisotopic (exact) mass is 316 g/mol. The molecular weight excluding hydrogens is 296 g/mol. The Morgan fingerprint density at radius 1 is 1.32 bits per heavy atom. The Morgan fingerprint density at radius 2 is 1.95 bits per heavy atom. The van der Waals surface area contributed by atoms with Gasteiger partial charge in [0.2, 0.25) is 0 Å². The third-order valence-corrected chi connectivity index (χ3v) is 4.29. The number of nitrogens with zero attached hydrogens (tertiary/aromatic N) is 1. The molecule has 0 aliphatic carbocycles. The van der Waals surface area contributed by atoms with Gasteiger partial charge in [-0.1, -0.05) is 26.0 Å². The van der Waals surface area contributed by atoms with E-state index in [9.17, 15) is 4.79 Å². The van der Waals surface area contributed by atoms with E-state index in [1.807, 2.05) is 31.2 Å². The molecule has 0 saturated carbocycles. The maximum absolute atomic E-state index is 11.7. The van der Waals surface area contributed by atoms with E-state index in [0.717, 1.165) is 5.69 Å². The highest BCUT2D eigenvalue weighted by molar-refractivity contribution is 7.81. The van der Waals surface area contributed by atoms with Crippen LogP contribution >= 0.6 is 12.6 Å². The predicted molar refractivity (Wildman–Crippen MR) is 89.7 cm³/mol. The molecule has 5 heteroatoms. The van der Waals surface area contributed by atoms with Crippen molar-refractivity contribution in [2.45, 2.75) is 44.0 Å². The summed E-state index contributed by atoms with van der Waals surface area (Å²) in [7, 11) is 0. The summed E-state index contributed by atoms with van der Waals surface area (Å²) in [5.74, 6) is 0.0113. The molecule has 22 heavy (non-hydrogen) atoms. The lowest BCUT2D eigenvalue weighted by Gasteiger charge is -2.32. The predicted octanol–water partition coefficient (Wildman–Crippen LogP) is 3.63. The summed E-state index contributed by atoms with van der Waals surface area (Å²) in [6, 6.07) is 10.1. The number of hydrogen-bond acceptors (Lipinski definition) is 5. The average Bonchev–Trinajstić information content (AvgIpc) is 2.77. The largest absolute Gasteiger partial charge is 0.447 e. The summed E-state index contributed by atoms with van der Waals surface area (Å²) >= 11 is 4.41. The molecule has 0 radical (unpaired) electrons. The van der Waals surface area contributed by atoms with Gasteiger partial charge in [-0.15, -0.1) is 0 Å². The van der Waals surface area contributed by atoms with Crippen LogP contribution in [0.25, 0.3) is 0 Å². The Morgan fingerprint density at radius 3 is 2.45 bits per heavy atom. The number of nitriles is 1. The quantitative estimate of drug-likeness (QED) is 0.643. The molecule has 0 saturated heterocycles. The molecule has 1 aliphatic heterocycles. The first-order valence-corrected chi connectivity index (χ1v) is 7.78. The second kappa shape index (κ2) is 6.45. The smallest absolute Gasteiger partial charge is 0.333 e. The van der Waals surface area contributed by atoms with Gasteiger partial charge in [-0.3, -0.25) is 0 Å². The zero-order valence-electron chi connectivity index (χ0n) is 13.0. The molecule has 0 amide bonds. The molecule has 0 fully saturated rings. The number of nitrogens with one attached hydrogen (secondary N) is 1. The highest BCUT2D eigenvalue weighted by Crippen LogP contribution is 2.37. The van der Waals surface area contributed by atoms with Crippen molar-refractivity contribution in [1.29, 1.82) is 5.26 Å². The Bertz CT molecular complexity index is 629. The number of cyclic esters (lactones) is 1. The molecule has 1 N–H and O–H groups in total. The molecular formula is C17H20N2O2S. The topological polar surface area (TPSA) is 62.1 Å². The Labute approximate surface area is 136 Å². The third-order valence-electron chi connectivity index (χ3n) is 3.87. The summed E-state index contributed by atoms with van der Waals surface area (Å²) in [6.07, 6.45) is 1.47. The van der Waals surface area contributed by atoms with E-state index < -0.39 is 11.6 Å². The lowest BCUT2D eigenvalue weighted by molar-refractivity contribution is -0.145. The van der Waals surface area contributed by atoms with Crippen molar-refractivity contribution in [3.63, 3.8) is 0 Å². The first-order chi connectivity index (χ1) is 10.4. The first kappa shape index (κ1) is 16.4. The van der Waals surface area contributed by atoms with Crippen molar-refractivity contribution in [3.8, 4) is 6.07 Å². The van der Waals surface area contributed by atoms with E-state index >= 15 is 0 Å². The summed E-state index contributed by atoms with van der Waals surface area (Å²) in [4.78, 5) is 11.7. The SMILES string of the molecule is CC(C)c1ccc(NC2=CC(=O)OC2(CC#N)C(C)S)cc1. The van der Waals surface area contributed by atoms with Crippen LogP contribution in [-0.2, 0) is 9.53 Å². The molecule has 1 heterocycles. The summed E-state index contributed by atoms with van der Waals surface area (Å²) < 4.78 is 5.40. The van der Waals surface area contributed by atoms with Gasteiger partial charge in [0.05, 0.1) is 18.2 Å². The lowest BCUT2D eigenvalue weighted by Crippen LogP contribution is -2.42. The van der Waals surface area contributed by atoms with E-state index in [4.69, 9.17) is 10.00 Å². The van der Waals surface area contributed by atoms with Crippen molar-refractivity contribution < 1.29 is 9.53 Å². The van der Waals surface area contributed by atoms with Crippen LogP contribution in [0.2, 0.25) is 0 Å². The van der Waals surface area contributed by atoms with E-state index in [1.54, 1.807) is 0 Å². The molecule has 2 unspecified atom stereocenters. The zero-order chi connectivity index (χ0) is 16.3. The minimum Gasteiger partial charge on any atom is -0.447 e. The van der Waals surface area contributed by atoms with Gasteiger partial charge < -0.3 is 10.1 Å². The van der Waals surface area contributed by atoms with E-state index in [0.29, 0.717) is 11.6 Å². The van der Waals surface area contributed by atoms with Crippen molar-refractivity contribution in [1.82, 2.24) is 0 Å². The zero-order valence-corrected chi connectivity index (χ0v) is 13.9. The van der Waals surface area contributed by atoms with Crippen LogP contribution in [0.5, 0.6) is 0 Å². The molecule has 0 bridgehead atoms. The second-order valence-corrected chi connectivity index (χ2v) is 6.56. The molecule has 1 aliphatic rings. The van der Waals surface area contributed by atoms with Gasteiger partial charge in [0.1, 0.15) is 0 Å². The van der Waals surface area contributed by atoms with E-state index in [2.05, 4.69) is 37.9 Å². The highest BCUT2D eigenvalue weighted by Gasteiger charge is 2.47. The van der Waals surface area contributed by atoms with Crippen molar-refractivity contribution in [2.75, 3.05) is 5.32 Å². The van der Waals surface area contributed by atoms with Crippen molar-refractivity contribution in [3.05, 3.63) is 41.6 Å². The van der Waals surface area contributed by atoms with Crippen LogP contribution in [0.15, 0.2) is 36.0 Å². The molecule has 1 aromatic carbocycles. The standard InChI is InChI=1S/C17H20N2O2S/c1-11(2)13-4-6-14(7-5-13)19-15-10-16(20)21-17(15,8-9-18)12(3)22/h4-7,10-12,19,22H,8H2,1-3H3. The van der Waals surface area contributed by atoms with Gasteiger partial charge >= 0.3 is 5.97 Å². The van der Waals surface area contributed by atoms with Crippen LogP contribution in [0.3, 0.4) is 0 Å². The van der Waals surface area contributed by atoms with Crippen LogP contribution in [-0.4, -0.2) is 16.8 Å². The normalized spacial score (nSPS) is 22.0. The lowest BCUT2D eigenvalue weighted by atomic mass is 9.92. The van der Waals surface area contributed by atoms with Crippen molar-refractivity contribution in [2.24, 2.45) is 0 Å². The average molecular weight is 316 g/mol. The number of anilines is 1.